The molecule has 19 heavy (non-hydrogen) atoms. The van der Waals surface area contributed by atoms with E-state index in [1.165, 1.54) is 0 Å². The van der Waals surface area contributed by atoms with Crippen LogP contribution in [0.15, 0.2) is 30.7 Å². The van der Waals surface area contributed by atoms with Crippen LogP contribution in [0.3, 0.4) is 0 Å². The predicted molar refractivity (Wildman–Crippen MR) is 79.9 cm³/mol. The molecule has 0 radical (unpaired) electrons. The fourth-order valence-electron chi connectivity index (χ4n) is 2.26. The fourth-order valence-corrected chi connectivity index (χ4v) is 2.44. The molecule has 0 aliphatic heterocycles. The van der Waals surface area contributed by atoms with Crippen molar-refractivity contribution in [1.29, 1.82) is 0 Å². The maximum absolute atomic E-state index is 6.20. The van der Waals surface area contributed by atoms with E-state index < -0.39 is 0 Å². The van der Waals surface area contributed by atoms with Crippen molar-refractivity contribution in [3.63, 3.8) is 0 Å². The highest BCUT2D eigenvalue weighted by Crippen LogP contribution is 2.27. The number of hydrogen-bond acceptors (Lipinski definition) is 2. The summed E-state index contributed by atoms with van der Waals surface area (Å²) in [6.45, 7) is 6.97. The van der Waals surface area contributed by atoms with Crippen LogP contribution in [0.4, 0.5) is 0 Å². The summed E-state index contributed by atoms with van der Waals surface area (Å²) in [5.74, 6) is 0.768. The molecule has 2 rings (SSSR count). The Kier molecular flexibility index (Phi) is 4.27. The van der Waals surface area contributed by atoms with Gasteiger partial charge in [-0.05, 0) is 30.5 Å². The minimum atomic E-state index is 0.294. The molecule has 3 nitrogen and oxygen atoms in total. The molecule has 1 heterocycles. The van der Waals surface area contributed by atoms with Crippen molar-refractivity contribution in [3.05, 3.63) is 47.0 Å². The molecule has 1 aromatic carbocycles. The first-order valence-corrected chi connectivity index (χ1v) is 6.91. The standard InChI is InChI=1S/C15H20ClN3/c1-10(2)13(7-17)15-8-18-9-19(15)12-5-4-11(3)14(16)6-12/h4-6,8-10,13H,7,17H2,1-3H3. The Morgan fingerprint density at radius 3 is 2.68 bits per heavy atom. The van der Waals surface area contributed by atoms with E-state index in [4.69, 9.17) is 17.3 Å². The second-order valence-electron chi connectivity index (χ2n) is 5.21. The van der Waals surface area contributed by atoms with Gasteiger partial charge < -0.3 is 10.3 Å². The maximum Gasteiger partial charge on any atom is 0.0994 e. The largest absolute Gasteiger partial charge is 0.330 e. The van der Waals surface area contributed by atoms with E-state index in [0.29, 0.717) is 18.4 Å². The van der Waals surface area contributed by atoms with E-state index in [2.05, 4.69) is 29.5 Å². The van der Waals surface area contributed by atoms with Crippen LogP contribution in [0.1, 0.15) is 31.0 Å². The molecule has 4 heteroatoms. The van der Waals surface area contributed by atoms with E-state index in [1.807, 2.05) is 31.6 Å². The zero-order valence-corrected chi connectivity index (χ0v) is 12.4. The number of nitrogens with zero attached hydrogens (tertiary/aromatic N) is 2. The van der Waals surface area contributed by atoms with E-state index in [1.54, 1.807) is 0 Å². The summed E-state index contributed by atoms with van der Waals surface area (Å²) < 4.78 is 2.07. The molecule has 2 aromatic rings. The van der Waals surface area contributed by atoms with Gasteiger partial charge >= 0.3 is 0 Å². The summed E-state index contributed by atoms with van der Waals surface area (Å²) in [4.78, 5) is 4.27. The number of benzene rings is 1. The summed E-state index contributed by atoms with van der Waals surface area (Å²) in [6, 6.07) is 6.05. The van der Waals surface area contributed by atoms with E-state index >= 15 is 0 Å². The summed E-state index contributed by atoms with van der Waals surface area (Å²) in [5.41, 5.74) is 9.14. The number of nitrogens with two attached hydrogens (primary N) is 1. The molecule has 1 aromatic heterocycles. The number of halogens is 1. The summed E-state index contributed by atoms with van der Waals surface area (Å²) in [6.07, 6.45) is 3.71. The zero-order chi connectivity index (χ0) is 14.0. The molecule has 2 N–H and O–H groups in total. The third-order valence-corrected chi connectivity index (χ3v) is 3.95. The minimum absolute atomic E-state index is 0.294. The lowest BCUT2D eigenvalue weighted by Gasteiger charge is -2.20. The van der Waals surface area contributed by atoms with Gasteiger partial charge in [0.25, 0.3) is 0 Å². The van der Waals surface area contributed by atoms with Crippen LogP contribution in [-0.2, 0) is 0 Å². The molecule has 0 amide bonds. The van der Waals surface area contributed by atoms with Crippen molar-refractivity contribution in [1.82, 2.24) is 9.55 Å². The zero-order valence-electron chi connectivity index (χ0n) is 11.6. The van der Waals surface area contributed by atoms with Crippen LogP contribution in [-0.4, -0.2) is 16.1 Å². The SMILES string of the molecule is Cc1ccc(-n2cncc2C(CN)C(C)C)cc1Cl. The second-order valence-corrected chi connectivity index (χ2v) is 5.62. The van der Waals surface area contributed by atoms with Gasteiger partial charge in [-0.2, -0.15) is 0 Å². The Morgan fingerprint density at radius 2 is 2.11 bits per heavy atom. The molecule has 0 bridgehead atoms. The second kappa shape index (κ2) is 5.76. The highest BCUT2D eigenvalue weighted by molar-refractivity contribution is 6.31. The van der Waals surface area contributed by atoms with Crippen molar-refractivity contribution in [3.8, 4) is 5.69 Å². The molecular formula is C15H20ClN3. The third kappa shape index (κ3) is 2.82. The fraction of sp³-hybridized carbons (Fsp3) is 0.400. The van der Waals surface area contributed by atoms with Gasteiger partial charge in [0.15, 0.2) is 0 Å². The molecule has 0 aliphatic rings. The summed E-state index contributed by atoms with van der Waals surface area (Å²) in [7, 11) is 0. The van der Waals surface area contributed by atoms with Crippen molar-refractivity contribution in [2.24, 2.45) is 11.7 Å². The van der Waals surface area contributed by atoms with Gasteiger partial charge in [0, 0.05) is 35.1 Å². The number of imidazole rings is 1. The van der Waals surface area contributed by atoms with E-state index in [9.17, 15) is 0 Å². The van der Waals surface area contributed by atoms with Gasteiger partial charge in [0.05, 0.1) is 6.33 Å². The Balaban J connectivity index is 2.46. The first kappa shape index (κ1) is 14.1. The van der Waals surface area contributed by atoms with Crippen LogP contribution in [0.25, 0.3) is 5.69 Å². The van der Waals surface area contributed by atoms with Crippen LogP contribution in [0, 0.1) is 12.8 Å². The van der Waals surface area contributed by atoms with E-state index in [-0.39, 0.29) is 0 Å². The Labute approximate surface area is 119 Å². The van der Waals surface area contributed by atoms with Crippen molar-refractivity contribution >= 4 is 11.6 Å². The lowest BCUT2D eigenvalue weighted by Crippen LogP contribution is -2.20. The first-order chi connectivity index (χ1) is 9.04. The maximum atomic E-state index is 6.20. The Morgan fingerprint density at radius 1 is 1.37 bits per heavy atom. The molecule has 0 aliphatic carbocycles. The van der Waals surface area contributed by atoms with Crippen molar-refractivity contribution in [2.45, 2.75) is 26.7 Å². The Hall–Kier alpha value is -1.32. The third-order valence-electron chi connectivity index (χ3n) is 3.54. The smallest absolute Gasteiger partial charge is 0.0994 e. The number of aryl methyl sites for hydroxylation is 1. The van der Waals surface area contributed by atoms with Gasteiger partial charge in [-0.25, -0.2) is 4.98 Å². The first-order valence-electron chi connectivity index (χ1n) is 6.53. The molecule has 0 saturated carbocycles. The van der Waals surface area contributed by atoms with E-state index in [0.717, 1.165) is 22.0 Å². The molecular weight excluding hydrogens is 258 g/mol. The molecule has 1 unspecified atom stereocenters. The molecule has 0 spiro atoms. The van der Waals surface area contributed by atoms with Gasteiger partial charge in [-0.15, -0.1) is 0 Å². The summed E-state index contributed by atoms with van der Waals surface area (Å²) >= 11 is 6.20. The monoisotopic (exact) mass is 277 g/mol. The van der Waals surface area contributed by atoms with Crippen LogP contribution in [0.2, 0.25) is 5.02 Å². The van der Waals surface area contributed by atoms with Crippen LogP contribution >= 0.6 is 11.6 Å². The lowest BCUT2D eigenvalue weighted by molar-refractivity contribution is 0.490. The molecule has 1 atom stereocenters. The average Bonchev–Trinajstić information content (AvgIpc) is 2.82. The van der Waals surface area contributed by atoms with Crippen molar-refractivity contribution in [2.75, 3.05) is 6.54 Å². The van der Waals surface area contributed by atoms with Gasteiger partial charge in [0.2, 0.25) is 0 Å². The quantitative estimate of drug-likeness (QED) is 0.929. The van der Waals surface area contributed by atoms with Gasteiger partial charge in [-0.3, -0.25) is 0 Å². The Bertz CT molecular complexity index is 560. The number of hydrogen-bond donors (Lipinski definition) is 1. The molecule has 0 saturated heterocycles. The number of aromatic nitrogens is 2. The lowest BCUT2D eigenvalue weighted by atomic mass is 9.93. The highest BCUT2D eigenvalue weighted by atomic mass is 35.5. The van der Waals surface area contributed by atoms with Crippen molar-refractivity contribution < 1.29 is 0 Å². The van der Waals surface area contributed by atoms with Crippen LogP contribution < -0.4 is 5.73 Å². The van der Waals surface area contributed by atoms with Gasteiger partial charge in [0.1, 0.15) is 0 Å². The average molecular weight is 278 g/mol. The van der Waals surface area contributed by atoms with Crippen LogP contribution in [0.5, 0.6) is 0 Å². The summed E-state index contributed by atoms with van der Waals surface area (Å²) in [5, 5.41) is 0.769. The van der Waals surface area contributed by atoms with Gasteiger partial charge in [-0.1, -0.05) is 31.5 Å². The predicted octanol–water partition coefficient (Wildman–Crippen LogP) is 3.53. The molecule has 0 fully saturated rings. The number of rotatable bonds is 4. The molecule has 102 valence electrons. The minimum Gasteiger partial charge on any atom is -0.330 e. The normalized spacial score (nSPS) is 12.9. The topological polar surface area (TPSA) is 43.8 Å². The highest BCUT2D eigenvalue weighted by Gasteiger charge is 2.19.